The van der Waals surface area contributed by atoms with Crippen LogP contribution in [0.5, 0.6) is 0 Å². The summed E-state index contributed by atoms with van der Waals surface area (Å²) < 4.78 is 32.6. The summed E-state index contributed by atoms with van der Waals surface area (Å²) in [6.07, 6.45) is 2.63. The number of hydrogen-bond acceptors (Lipinski definition) is 4. The van der Waals surface area contributed by atoms with Crippen LogP contribution in [0.2, 0.25) is 0 Å². The van der Waals surface area contributed by atoms with Crippen LogP contribution in [0.15, 0.2) is 23.2 Å². The Balaban J connectivity index is 1.47. The molecule has 3 N–H and O–H groups in total. The van der Waals surface area contributed by atoms with Gasteiger partial charge in [0, 0.05) is 38.3 Å². The van der Waals surface area contributed by atoms with E-state index in [1.165, 1.54) is 25.0 Å². The number of guanidine groups is 1. The number of aliphatic hydroxyl groups excluding tert-OH is 1. The molecule has 156 valence electrons. The van der Waals surface area contributed by atoms with Gasteiger partial charge in [-0.05, 0) is 44.2 Å². The van der Waals surface area contributed by atoms with Crippen molar-refractivity contribution in [1.82, 2.24) is 10.6 Å². The van der Waals surface area contributed by atoms with Crippen molar-refractivity contribution in [2.24, 2.45) is 10.9 Å². The number of halogens is 2. The summed E-state index contributed by atoms with van der Waals surface area (Å²) in [5.41, 5.74) is 0.413. The Morgan fingerprint density at radius 1 is 1.36 bits per heavy atom. The van der Waals surface area contributed by atoms with Crippen LogP contribution < -0.4 is 15.5 Å². The molecule has 28 heavy (non-hydrogen) atoms. The van der Waals surface area contributed by atoms with Crippen LogP contribution in [0.4, 0.5) is 14.5 Å². The summed E-state index contributed by atoms with van der Waals surface area (Å²) >= 11 is 0. The van der Waals surface area contributed by atoms with E-state index in [2.05, 4.69) is 15.6 Å². The smallest absolute Gasteiger partial charge is 0.191 e. The highest BCUT2D eigenvalue weighted by molar-refractivity contribution is 5.80. The van der Waals surface area contributed by atoms with E-state index >= 15 is 0 Å². The number of rotatable bonds is 9. The van der Waals surface area contributed by atoms with E-state index in [0.717, 1.165) is 19.1 Å². The van der Waals surface area contributed by atoms with E-state index in [1.54, 1.807) is 0 Å². The highest BCUT2D eigenvalue weighted by Crippen LogP contribution is 2.28. The molecule has 1 saturated heterocycles. The third-order valence-electron chi connectivity index (χ3n) is 4.94. The molecule has 6 nitrogen and oxygen atoms in total. The van der Waals surface area contributed by atoms with Crippen LogP contribution in [0.3, 0.4) is 0 Å². The van der Waals surface area contributed by atoms with Gasteiger partial charge < -0.3 is 25.4 Å². The number of nitrogens with one attached hydrogen (secondary N) is 2. The molecular weight excluding hydrogens is 366 g/mol. The molecule has 0 amide bonds. The van der Waals surface area contributed by atoms with Gasteiger partial charge in [0.05, 0.1) is 24.9 Å². The highest BCUT2D eigenvalue weighted by Gasteiger charge is 2.25. The predicted molar refractivity (Wildman–Crippen MR) is 106 cm³/mol. The summed E-state index contributed by atoms with van der Waals surface area (Å²) in [4.78, 5) is 6.34. The molecule has 2 aliphatic rings. The topological polar surface area (TPSA) is 69.1 Å². The Morgan fingerprint density at radius 2 is 2.18 bits per heavy atom. The van der Waals surface area contributed by atoms with Crippen LogP contribution in [0.1, 0.15) is 26.2 Å². The summed E-state index contributed by atoms with van der Waals surface area (Å²) in [5, 5.41) is 16.5. The van der Waals surface area contributed by atoms with Crippen LogP contribution in [0, 0.1) is 17.6 Å². The summed E-state index contributed by atoms with van der Waals surface area (Å²) in [7, 11) is 0. The maximum atomic E-state index is 14.0. The first-order valence-electron chi connectivity index (χ1n) is 10.1. The second kappa shape index (κ2) is 10.0. The van der Waals surface area contributed by atoms with Gasteiger partial charge in [0.25, 0.3) is 0 Å². The fourth-order valence-electron chi connectivity index (χ4n) is 3.25. The first-order chi connectivity index (χ1) is 13.5. The predicted octanol–water partition coefficient (Wildman–Crippen LogP) is 1.89. The first kappa shape index (κ1) is 20.8. The van der Waals surface area contributed by atoms with E-state index < -0.39 is 17.7 Å². The molecule has 0 aromatic heterocycles. The van der Waals surface area contributed by atoms with Gasteiger partial charge in [0.15, 0.2) is 5.96 Å². The third kappa shape index (κ3) is 6.31. The van der Waals surface area contributed by atoms with Gasteiger partial charge in [-0.25, -0.2) is 8.78 Å². The minimum absolute atomic E-state index is 0.0884. The van der Waals surface area contributed by atoms with Crippen LogP contribution in [-0.2, 0) is 4.74 Å². The van der Waals surface area contributed by atoms with Crippen LogP contribution >= 0.6 is 0 Å². The van der Waals surface area contributed by atoms with E-state index in [4.69, 9.17) is 4.74 Å². The lowest BCUT2D eigenvalue weighted by Gasteiger charge is -2.21. The van der Waals surface area contributed by atoms with Gasteiger partial charge in [-0.3, -0.25) is 4.99 Å². The van der Waals surface area contributed by atoms with Crippen molar-refractivity contribution in [2.75, 3.05) is 44.3 Å². The van der Waals surface area contributed by atoms with Crippen molar-refractivity contribution < 1.29 is 18.6 Å². The molecule has 0 bridgehead atoms. The largest absolute Gasteiger partial charge is 0.389 e. The zero-order chi connectivity index (χ0) is 19.9. The Bertz CT molecular complexity index is 670. The summed E-state index contributed by atoms with van der Waals surface area (Å²) in [6, 6.07) is 3.75. The average Bonchev–Trinajstić information content (AvgIpc) is 3.37. The van der Waals surface area contributed by atoms with Crippen molar-refractivity contribution in [2.45, 2.75) is 38.3 Å². The molecule has 1 heterocycles. The van der Waals surface area contributed by atoms with Crippen LogP contribution in [-0.4, -0.2) is 62.6 Å². The Hall–Kier alpha value is -1.93. The Kier molecular flexibility index (Phi) is 7.44. The molecule has 0 radical (unpaired) electrons. The van der Waals surface area contributed by atoms with Gasteiger partial charge in [-0.2, -0.15) is 0 Å². The standard InChI is InChI=1S/C20H30F2N4O2/c1-2-23-20(24-10-17(27)13-28-12-14-3-4-14)25-16-7-8-26(11-16)19-6-5-15(21)9-18(19)22/h5-6,9,14,16-17,27H,2-4,7-8,10-13H2,1H3,(H2,23,24,25). The third-order valence-corrected chi connectivity index (χ3v) is 4.94. The molecule has 1 aliphatic carbocycles. The maximum Gasteiger partial charge on any atom is 0.191 e. The number of anilines is 1. The number of hydrogen-bond donors (Lipinski definition) is 3. The van der Waals surface area contributed by atoms with Gasteiger partial charge >= 0.3 is 0 Å². The number of nitrogens with zero attached hydrogens (tertiary/aromatic N) is 2. The van der Waals surface area contributed by atoms with E-state index in [9.17, 15) is 13.9 Å². The quantitative estimate of drug-likeness (QED) is 0.439. The van der Waals surface area contributed by atoms with E-state index in [1.807, 2.05) is 11.8 Å². The van der Waals surface area contributed by atoms with E-state index in [0.29, 0.717) is 43.8 Å². The lowest BCUT2D eigenvalue weighted by molar-refractivity contribution is 0.0368. The molecule has 2 atom stereocenters. The second-order valence-corrected chi connectivity index (χ2v) is 7.53. The molecular formula is C20H30F2N4O2. The van der Waals surface area contributed by atoms with Crippen molar-refractivity contribution in [3.05, 3.63) is 29.8 Å². The van der Waals surface area contributed by atoms with Crippen LogP contribution in [0.25, 0.3) is 0 Å². The zero-order valence-electron chi connectivity index (χ0n) is 16.3. The normalized spacial score (nSPS) is 21.1. The number of aliphatic imine (C=N–C) groups is 1. The molecule has 2 unspecified atom stereocenters. The van der Waals surface area contributed by atoms with E-state index in [-0.39, 0.29) is 12.6 Å². The van der Waals surface area contributed by atoms with Gasteiger partial charge in [0.1, 0.15) is 11.6 Å². The van der Waals surface area contributed by atoms with Gasteiger partial charge in [-0.15, -0.1) is 0 Å². The minimum atomic E-state index is -0.636. The molecule has 2 fully saturated rings. The zero-order valence-corrected chi connectivity index (χ0v) is 16.3. The molecule has 1 aromatic rings. The summed E-state index contributed by atoms with van der Waals surface area (Å²) in [5.74, 6) is 0.174. The molecule has 0 spiro atoms. The molecule has 8 heteroatoms. The second-order valence-electron chi connectivity index (χ2n) is 7.53. The molecule has 3 rings (SSSR count). The van der Waals surface area contributed by atoms with Crippen molar-refractivity contribution in [3.8, 4) is 0 Å². The van der Waals surface area contributed by atoms with Crippen molar-refractivity contribution >= 4 is 11.6 Å². The lowest BCUT2D eigenvalue weighted by atomic mass is 10.2. The number of ether oxygens (including phenoxy) is 1. The van der Waals surface area contributed by atoms with Gasteiger partial charge in [0.2, 0.25) is 0 Å². The molecule has 1 aromatic carbocycles. The van der Waals surface area contributed by atoms with Crippen molar-refractivity contribution in [1.29, 1.82) is 0 Å². The average molecular weight is 396 g/mol. The van der Waals surface area contributed by atoms with Crippen molar-refractivity contribution in [3.63, 3.8) is 0 Å². The fourth-order valence-corrected chi connectivity index (χ4v) is 3.25. The Morgan fingerprint density at radius 3 is 2.89 bits per heavy atom. The lowest BCUT2D eigenvalue weighted by Crippen LogP contribution is -2.45. The fraction of sp³-hybridized carbons (Fsp3) is 0.650. The Labute approximate surface area is 165 Å². The molecule has 1 saturated carbocycles. The minimum Gasteiger partial charge on any atom is -0.389 e. The highest BCUT2D eigenvalue weighted by atomic mass is 19.1. The number of aliphatic hydroxyl groups is 1. The van der Waals surface area contributed by atoms with Gasteiger partial charge in [-0.1, -0.05) is 0 Å². The SMILES string of the molecule is CCNC(=NCC(O)COCC1CC1)NC1CCN(c2ccc(F)cc2F)C1. The first-order valence-corrected chi connectivity index (χ1v) is 10.1. The monoisotopic (exact) mass is 396 g/mol. The number of benzene rings is 1. The molecule has 1 aliphatic heterocycles. The maximum absolute atomic E-state index is 14.0. The summed E-state index contributed by atoms with van der Waals surface area (Å²) in [6.45, 7) is 5.21.